The average molecular weight is 201 g/mol. The molecular formula is C10H19NO3. The Morgan fingerprint density at radius 2 is 2.14 bits per heavy atom. The third-order valence-electron chi connectivity index (χ3n) is 2.75. The van der Waals surface area contributed by atoms with Crippen LogP contribution in [-0.2, 0) is 9.53 Å². The molecule has 3 atom stereocenters. The van der Waals surface area contributed by atoms with Crippen LogP contribution in [0.5, 0.6) is 0 Å². The van der Waals surface area contributed by atoms with Gasteiger partial charge >= 0.3 is 5.97 Å². The molecule has 0 radical (unpaired) electrons. The van der Waals surface area contributed by atoms with Gasteiger partial charge in [0.15, 0.2) is 0 Å². The summed E-state index contributed by atoms with van der Waals surface area (Å²) in [6.45, 7) is 1.76. The molecule has 0 aromatic heterocycles. The first-order chi connectivity index (χ1) is 6.65. The number of nitrogens with one attached hydrogen (secondary N) is 1. The van der Waals surface area contributed by atoms with E-state index in [9.17, 15) is 9.90 Å². The lowest BCUT2D eigenvalue weighted by Crippen LogP contribution is -2.49. The van der Waals surface area contributed by atoms with E-state index in [0.717, 1.165) is 25.7 Å². The number of ether oxygens (including phenoxy) is 1. The molecule has 0 amide bonds. The summed E-state index contributed by atoms with van der Waals surface area (Å²) in [7, 11) is 1.37. The number of methoxy groups -OCH3 is 1. The maximum absolute atomic E-state index is 11.1. The maximum atomic E-state index is 11.1. The SMILES string of the molecule is COC(=O)C(C)NC1CCCCC1O. The molecule has 14 heavy (non-hydrogen) atoms. The largest absolute Gasteiger partial charge is 0.468 e. The highest BCUT2D eigenvalue weighted by molar-refractivity contribution is 5.75. The summed E-state index contributed by atoms with van der Waals surface area (Å²) in [6.07, 6.45) is 3.62. The van der Waals surface area contributed by atoms with Crippen LogP contribution in [0.25, 0.3) is 0 Å². The Kier molecular flexibility index (Phi) is 4.35. The van der Waals surface area contributed by atoms with Crippen molar-refractivity contribution in [2.75, 3.05) is 7.11 Å². The van der Waals surface area contributed by atoms with Gasteiger partial charge in [0, 0.05) is 6.04 Å². The van der Waals surface area contributed by atoms with Crippen molar-refractivity contribution in [1.29, 1.82) is 0 Å². The van der Waals surface area contributed by atoms with E-state index in [4.69, 9.17) is 0 Å². The van der Waals surface area contributed by atoms with Crippen molar-refractivity contribution < 1.29 is 14.6 Å². The normalized spacial score (nSPS) is 29.6. The van der Waals surface area contributed by atoms with E-state index in [0.29, 0.717) is 0 Å². The molecular weight excluding hydrogens is 182 g/mol. The Hall–Kier alpha value is -0.610. The van der Waals surface area contributed by atoms with Crippen LogP contribution in [0.4, 0.5) is 0 Å². The fourth-order valence-corrected chi connectivity index (χ4v) is 1.87. The van der Waals surface area contributed by atoms with Gasteiger partial charge in [-0.2, -0.15) is 0 Å². The zero-order valence-electron chi connectivity index (χ0n) is 8.82. The van der Waals surface area contributed by atoms with Gasteiger partial charge in [-0.25, -0.2) is 0 Å². The predicted octanol–water partition coefficient (Wildman–Crippen LogP) is 0.441. The van der Waals surface area contributed by atoms with Crippen LogP contribution in [0.2, 0.25) is 0 Å². The maximum Gasteiger partial charge on any atom is 0.322 e. The van der Waals surface area contributed by atoms with Crippen LogP contribution in [-0.4, -0.2) is 36.4 Å². The third kappa shape index (κ3) is 2.96. The van der Waals surface area contributed by atoms with E-state index < -0.39 is 0 Å². The summed E-state index contributed by atoms with van der Waals surface area (Å²) in [6, 6.07) is -0.296. The summed E-state index contributed by atoms with van der Waals surface area (Å²) >= 11 is 0. The van der Waals surface area contributed by atoms with Gasteiger partial charge in [-0.15, -0.1) is 0 Å². The quantitative estimate of drug-likeness (QED) is 0.651. The minimum absolute atomic E-state index is 0.0397. The number of hydrogen-bond acceptors (Lipinski definition) is 4. The van der Waals surface area contributed by atoms with E-state index in [1.165, 1.54) is 7.11 Å². The second kappa shape index (κ2) is 5.32. The standard InChI is InChI=1S/C10H19NO3/c1-7(10(13)14-2)11-8-5-3-4-6-9(8)12/h7-9,11-12H,3-6H2,1-2H3. The first-order valence-electron chi connectivity index (χ1n) is 5.17. The molecule has 3 unspecified atom stereocenters. The number of carbonyl (C=O) groups is 1. The number of esters is 1. The fourth-order valence-electron chi connectivity index (χ4n) is 1.87. The number of rotatable bonds is 3. The fraction of sp³-hybridized carbons (Fsp3) is 0.900. The van der Waals surface area contributed by atoms with Crippen LogP contribution < -0.4 is 5.32 Å². The van der Waals surface area contributed by atoms with Crippen LogP contribution in [0, 0.1) is 0 Å². The minimum Gasteiger partial charge on any atom is -0.468 e. The summed E-state index contributed by atoms with van der Waals surface area (Å²) in [5.74, 6) is -0.275. The number of aliphatic hydroxyl groups excluding tert-OH is 1. The van der Waals surface area contributed by atoms with Gasteiger partial charge in [0.1, 0.15) is 6.04 Å². The van der Waals surface area contributed by atoms with E-state index in [-0.39, 0.29) is 24.2 Å². The summed E-state index contributed by atoms with van der Waals surface area (Å²) in [5, 5.41) is 12.8. The highest BCUT2D eigenvalue weighted by atomic mass is 16.5. The van der Waals surface area contributed by atoms with Gasteiger partial charge in [0.05, 0.1) is 13.2 Å². The molecule has 82 valence electrons. The lowest BCUT2D eigenvalue weighted by molar-refractivity contribution is -0.143. The molecule has 0 bridgehead atoms. The predicted molar refractivity (Wildman–Crippen MR) is 52.9 cm³/mol. The van der Waals surface area contributed by atoms with E-state index in [1.807, 2.05) is 0 Å². The van der Waals surface area contributed by atoms with Crippen molar-refractivity contribution >= 4 is 5.97 Å². The molecule has 1 saturated carbocycles. The Bertz CT molecular complexity index is 196. The summed E-state index contributed by atoms with van der Waals surface area (Å²) in [5.41, 5.74) is 0. The lowest BCUT2D eigenvalue weighted by atomic mass is 9.92. The average Bonchev–Trinajstić information content (AvgIpc) is 2.20. The third-order valence-corrected chi connectivity index (χ3v) is 2.75. The first-order valence-corrected chi connectivity index (χ1v) is 5.17. The Balaban J connectivity index is 2.38. The second-order valence-electron chi connectivity index (χ2n) is 3.87. The molecule has 4 heteroatoms. The first kappa shape index (κ1) is 11.5. The lowest BCUT2D eigenvalue weighted by Gasteiger charge is -2.30. The van der Waals surface area contributed by atoms with Crippen molar-refractivity contribution in [3.05, 3.63) is 0 Å². The van der Waals surface area contributed by atoms with Crippen molar-refractivity contribution in [3.8, 4) is 0 Å². The molecule has 1 fully saturated rings. The van der Waals surface area contributed by atoms with Gasteiger partial charge in [0.25, 0.3) is 0 Å². The van der Waals surface area contributed by atoms with Gasteiger partial charge in [-0.3, -0.25) is 10.1 Å². The molecule has 0 heterocycles. The van der Waals surface area contributed by atoms with Gasteiger partial charge < -0.3 is 9.84 Å². The van der Waals surface area contributed by atoms with Crippen LogP contribution in [0.3, 0.4) is 0 Å². The Morgan fingerprint density at radius 1 is 1.50 bits per heavy atom. The molecule has 1 aliphatic carbocycles. The van der Waals surface area contributed by atoms with E-state index in [2.05, 4.69) is 10.1 Å². The van der Waals surface area contributed by atoms with Gasteiger partial charge in [0.2, 0.25) is 0 Å². The molecule has 1 rings (SSSR count). The molecule has 4 nitrogen and oxygen atoms in total. The van der Waals surface area contributed by atoms with Crippen molar-refractivity contribution in [2.24, 2.45) is 0 Å². The van der Waals surface area contributed by atoms with Crippen molar-refractivity contribution in [3.63, 3.8) is 0 Å². The molecule has 2 N–H and O–H groups in total. The van der Waals surface area contributed by atoms with Crippen molar-refractivity contribution in [2.45, 2.75) is 50.8 Å². The highest BCUT2D eigenvalue weighted by Crippen LogP contribution is 2.18. The molecule has 0 aromatic rings. The van der Waals surface area contributed by atoms with Gasteiger partial charge in [-0.05, 0) is 19.8 Å². The minimum atomic E-state index is -0.335. The number of hydrogen-bond donors (Lipinski definition) is 2. The monoisotopic (exact) mass is 201 g/mol. The Labute approximate surface area is 84.6 Å². The zero-order valence-corrected chi connectivity index (χ0v) is 8.82. The summed E-state index contributed by atoms with van der Waals surface area (Å²) in [4.78, 5) is 11.1. The van der Waals surface area contributed by atoms with Gasteiger partial charge in [-0.1, -0.05) is 12.8 Å². The van der Waals surface area contributed by atoms with Crippen LogP contribution in [0.1, 0.15) is 32.6 Å². The Morgan fingerprint density at radius 3 is 2.71 bits per heavy atom. The topological polar surface area (TPSA) is 58.6 Å². The van der Waals surface area contributed by atoms with Crippen molar-refractivity contribution in [1.82, 2.24) is 5.32 Å². The number of aliphatic hydroxyl groups is 1. The molecule has 1 aliphatic rings. The molecule has 0 aliphatic heterocycles. The molecule has 0 aromatic carbocycles. The molecule has 0 saturated heterocycles. The second-order valence-corrected chi connectivity index (χ2v) is 3.87. The summed E-state index contributed by atoms with van der Waals surface area (Å²) < 4.78 is 4.61. The highest BCUT2D eigenvalue weighted by Gasteiger charge is 2.26. The number of carbonyl (C=O) groups excluding carboxylic acids is 1. The smallest absolute Gasteiger partial charge is 0.322 e. The van der Waals surface area contributed by atoms with Crippen LogP contribution >= 0.6 is 0 Å². The van der Waals surface area contributed by atoms with Crippen LogP contribution in [0.15, 0.2) is 0 Å². The zero-order chi connectivity index (χ0) is 10.6. The molecule has 0 spiro atoms. The van der Waals surface area contributed by atoms with E-state index in [1.54, 1.807) is 6.92 Å². The van der Waals surface area contributed by atoms with E-state index >= 15 is 0 Å².